The van der Waals surface area contributed by atoms with Gasteiger partial charge in [-0.3, -0.25) is 19.8 Å². The quantitative estimate of drug-likeness (QED) is 0.587. The van der Waals surface area contributed by atoms with Gasteiger partial charge in [-0.05, 0) is 35.5 Å². The van der Waals surface area contributed by atoms with Gasteiger partial charge < -0.3 is 10.2 Å². The normalized spacial score (nSPS) is 16.8. The third kappa shape index (κ3) is 4.84. The smallest absolute Gasteiger partial charge is 0.270 e. The van der Waals surface area contributed by atoms with E-state index in [2.05, 4.69) is 33.6 Å². The Balaban J connectivity index is 1.73. The molecule has 1 atom stereocenters. The van der Waals surface area contributed by atoms with Gasteiger partial charge in [0.2, 0.25) is 0 Å². The largest absolute Gasteiger partial charge is 0.350 e. The van der Waals surface area contributed by atoms with E-state index in [0.29, 0.717) is 6.54 Å². The number of hydrogen-bond donors (Lipinski definition) is 1. The lowest BCUT2D eigenvalue weighted by Gasteiger charge is -2.38. The monoisotopic (exact) mass is 408 g/mol. The topological polar surface area (TPSA) is 78.7 Å². The highest BCUT2D eigenvalue weighted by atomic mass is 35.5. The summed E-state index contributed by atoms with van der Waals surface area (Å²) < 4.78 is 0. The van der Waals surface area contributed by atoms with E-state index in [1.165, 1.54) is 18.2 Å². The zero-order valence-electron chi connectivity index (χ0n) is 14.9. The standard InChI is InChI=1S/C18H21ClN4O3S/c1-21-5-7-22(8-6-21)17(13-4-9-27-12-13)11-20-18(24)15-10-14(23(25)26)2-3-16(15)19/h2-4,9-10,12,17H,5-8,11H2,1H3,(H,20,24). The minimum absolute atomic E-state index is 0.0615. The van der Waals surface area contributed by atoms with Crippen LogP contribution in [0.1, 0.15) is 22.0 Å². The lowest BCUT2D eigenvalue weighted by molar-refractivity contribution is -0.384. The molecule has 1 N–H and O–H groups in total. The average molecular weight is 409 g/mol. The molecule has 9 heteroatoms. The summed E-state index contributed by atoms with van der Waals surface area (Å²) in [7, 11) is 2.10. The van der Waals surface area contributed by atoms with Crippen LogP contribution in [-0.2, 0) is 0 Å². The molecule has 0 saturated carbocycles. The second-order valence-corrected chi connectivity index (χ2v) is 7.73. The van der Waals surface area contributed by atoms with Gasteiger partial charge in [0.1, 0.15) is 0 Å². The molecular formula is C18H21ClN4O3S. The van der Waals surface area contributed by atoms with Gasteiger partial charge in [0.05, 0.1) is 21.6 Å². The van der Waals surface area contributed by atoms with Crippen LogP contribution in [0.4, 0.5) is 5.69 Å². The molecular weight excluding hydrogens is 388 g/mol. The first-order valence-electron chi connectivity index (χ1n) is 8.62. The highest BCUT2D eigenvalue weighted by Gasteiger charge is 2.25. The Kier molecular flexibility index (Phi) is 6.43. The van der Waals surface area contributed by atoms with Gasteiger partial charge in [-0.15, -0.1) is 0 Å². The number of piperazine rings is 1. The molecule has 1 unspecified atom stereocenters. The van der Waals surface area contributed by atoms with Crippen LogP contribution >= 0.6 is 22.9 Å². The summed E-state index contributed by atoms with van der Waals surface area (Å²) in [6, 6.07) is 6.02. The minimum Gasteiger partial charge on any atom is -0.350 e. The minimum atomic E-state index is -0.536. The van der Waals surface area contributed by atoms with Crippen LogP contribution in [0.25, 0.3) is 0 Å². The molecule has 1 amide bonds. The van der Waals surface area contributed by atoms with Crippen LogP contribution in [0.2, 0.25) is 5.02 Å². The molecule has 1 aliphatic heterocycles. The molecule has 0 spiro atoms. The van der Waals surface area contributed by atoms with E-state index < -0.39 is 10.8 Å². The third-order valence-corrected chi connectivity index (χ3v) is 5.80. The van der Waals surface area contributed by atoms with E-state index in [9.17, 15) is 14.9 Å². The number of carbonyl (C=O) groups excluding carboxylic acids is 1. The molecule has 27 heavy (non-hydrogen) atoms. The Bertz CT molecular complexity index is 807. The number of halogens is 1. The van der Waals surface area contributed by atoms with E-state index in [-0.39, 0.29) is 22.3 Å². The fourth-order valence-electron chi connectivity index (χ4n) is 3.14. The van der Waals surface area contributed by atoms with Crippen molar-refractivity contribution in [2.45, 2.75) is 6.04 Å². The summed E-state index contributed by atoms with van der Waals surface area (Å²) in [5.41, 5.74) is 1.13. The van der Waals surface area contributed by atoms with Gasteiger partial charge in [0.15, 0.2) is 0 Å². The first-order valence-corrected chi connectivity index (χ1v) is 9.94. The number of nitrogens with zero attached hydrogens (tertiary/aromatic N) is 3. The molecule has 7 nitrogen and oxygen atoms in total. The molecule has 1 saturated heterocycles. The van der Waals surface area contributed by atoms with Gasteiger partial charge >= 0.3 is 0 Å². The highest BCUT2D eigenvalue weighted by Crippen LogP contribution is 2.25. The van der Waals surface area contributed by atoms with E-state index in [0.717, 1.165) is 31.7 Å². The number of non-ortho nitro benzene ring substituents is 1. The van der Waals surface area contributed by atoms with Crippen LogP contribution in [0, 0.1) is 10.1 Å². The first kappa shape index (κ1) is 19.8. The lowest BCUT2D eigenvalue weighted by Crippen LogP contribution is -2.48. The van der Waals surface area contributed by atoms with Crippen molar-refractivity contribution in [1.82, 2.24) is 15.1 Å². The number of amides is 1. The molecule has 1 aliphatic rings. The maximum atomic E-state index is 12.6. The Morgan fingerprint density at radius 1 is 1.33 bits per heavy atom. The van der Waals surface area contributed by atoms with Crippen LogP contribution < -0.4 is 5.32 Å². The molecule has 2 aromatic rings. The van der Waals surface area contributed by atoms with E-state index in [4.69, 9.17) is 11.6 Å². The lowest BCUT2D eigenvalue weighted by atomic mass is 10.1. The zero-order valence-corrected chi connectivity index (χ0v) is 16.5. The molecule has 0 aliphatic carbocycles. The van der Waals surface area contributed by atoms with E-state index >= 15 is 0 Å². The van der Waals surface area contributed by atoms with Crippen molar-refractivity contribution in [3.05, 3.63) is 61.3 Å². The van der Waals surface area contributed by atoms with Crippen molar-refractivity contribution in [3.63, 3.8) is 0 Å². The molecule has 144 valence electrons. The van der Waals surface area contributed by atoms with Crippen LogP contribution in [0.5, 0.6) is 0 Å². The number of benzene rings is 1. The first-order chi connectivity index (χ1) is 13.0. The van der Waals surface area contributed by atoms with Crippen molar-refractivity contribution in [1.29, 1.82) is 0 Å². The van der Waals surface area contributed by atoms with Crippen molar-refractivity contribution in [2.24, 2.45) is 0 Å². The van der Waals surface area contributed by atoms with Gasteiger partial charge in [-0.25, -0.2) is 0 Å². The van der Waals surface area contributed by atoms with Gasteiger partial charge in [-0.1, -0.05) is 11.6 Å². The molecule has 1 aromatic heterocycles. The Morgan fingerprint density at radius 2 is 2.07 bits per heavy atom. The summed E-state index contributed by atoms with van der Waals surface area (Å²) in [6.07, 6.45) is 0. The molecule has 0 radical (unpaired) electrons. The fourth-order valence-corrected chi connectivity index (χ4v) is 4.05. The highest BCUT2D eigenvalue weighted by molar-refractivity contribution is 7.08. The molecule has 2 heterocycles. The molecule has 1 fully saturated rings. The summed E-state index contributed by atoms with van der Waals surface area (Å²) in [4.78, 5) is 27.7. The maximum absolute atomic E-state index is 12.6. The van der Waals surface area contributed by atoms with Crippen molar-refractivity contribution < 1.29 is 9.72 Å². The fraction of sp³-hybridized carbons (Fsp3) is 0.389. The summed E-state index contributed by atoms with van der Waals surface area (Å²) in [6.45, 7) is 4.21. The number of hydrogen-bond acceptors (Lipinski definition) is 6. The number of nitro benzene ring substituents is 1. The molecule has 0 bridgehead atoms. The molecule has 3 rings (SSSR count). The third-order valence-electron chi connectivity index (χ3n) is 4.77. The Morgan fingerprint density at radius 3 is 2.70 bits per heavy atom. The number of rotatable bonds is 6. The van der Waals surface area contributed by atoms with E-state index in [1.807, 2.05) is 5.38 Å². The SMILES string of the molecule is CN1CCN(C(CNC(=O)c2cc([N+](=O)[O-])ccc2Cl)c2ccsc2)CC1. The van der Waals surface area contributed by atoms with Crippen molar-refractivity contribution >= 4 is 34.5 Å². The average Bonchev–Trinajstić information content (AvgIpc) is 3.17. The van der Waals surface area contributed by atoms with E-state index in [1.54, 1.807) is 11.3 Å². The van der Waals surface area contributed by atoms with Crippen molar-refractivity contribution in [2.75, 3.05) is 39.8 Å². The second kappa shape index (κ2) is 8.79. The predicted molar refractivity (Wildman–Crippen MR) is 107 cm³/mol. The number of nitrogens with one attached hydrogen (secondary N) is 1. The summed E-state index contributed by atoms with van der Waals surface area (Å²) >= 11 is 7.70. The number of carbonyl (C=O) groups is 1. The van der Waals surface area contributed by atoms with Crippen molar-refractivity contribution in [3.8, 4) is 0 Å². The predicted octanol–water partition coefficient (Wildman–Crippen LogP) is 3.03. The summed E-state index contributed by atoms with van der Waals surface area (Å²) in [5, 5.41) is 18.2. The van der Waals surface area contributed by atoms with Gasteiger partial charge in [0, 0.05) is 44.9 Å². The Hall–Kier alpha value is -2.00. The molecule has 1 aromatic carbocycles. The van der Waals surface area contributed by atoms with Crippen LogP contribution in [0.15, 0.2) is 35.0 Å². The Labute approximate surface area is 166 Å². The zero-order chi connectivity index (χ0) is 19.4. The van der Waals surface area contributed by atoms with Gasteiger partial charge in [0.25, 0.3) is 11.6 Å². The number of nitro groups is 1. The second-order valence-electron chi connectivity index (χ2n) is 6.54. The maximum Gasteiger partial charge on any atom is 0.270 e. The van der Waals surface area contributed by atoms with Crippen LogP contribution in [-0.4, -0.2) is 60.4 Å². The summed E-state index contributed by atoms with van der Waals surface area (Å²) in [5.74, 6) is -0.405. The number of thiophene rings is 1. The number of likely N-dealkylation sites (N-methyl/N-ethyl adjacent to an activating group) is 1. The van der Waals surface area contributed by atoms with Crippen LogP contribution in [0.3, 0.4) is 0 Å². The van der Waals surface area contributed by atoms with Gasteiger partial charge in [-0.2, -0.15) is 11.3 Å².